The number of hydrogen-bond acceptors (Lipinski definition) is 2. The zero-order valence-electron chi connectivity index (χ0n) is 8.72. The third kappa shape index (κ3) is 1.97. The predicted molar refractivity (Wildman–Crippen MR) is 62.3 cm³/mol. The van der Waals surface area contributed by atoms with E-state index in [-0.39, 0.29) is 5.75 Å². The SMILES string of the molecule is NCc1c(O)c(Cl)cc2c1CCCCC2. The molecule has 1 aromatic rings. The van der Waals surface area contributed by atoms with Gasteiger partial charge in [-0.3, -0.25) is 0 Å². The molecule has 0 atom stereocenters. The zero-order valence-corrected chi connectivity index (χ0v) is 9.48. The fourth-order valence-electron chi connectivity index (χ4n) is 2.34. The number of rotatable bonds is 1. The van der Waals surface area contributed by atoms with Crippen LogP contribution in [0.2, 0.25) is 5.02 Å². The molecule has 82 valence electrons. The average molecular weight is 226 g/mol. The highest BCUT2D eigenvalue weighted by Gasteiger charge is 2.17. The van der Waals surface area contributed by atoms with Crippen molar-refractivity contribution in [1.29, 1.82) is 0 Å². The van der Waals surface area contributed by atoms with E-state index in [2.05, 4.69) is 0 Å². The Kier molecular flexibility index (Phi) is 3.17. The molecule has 15 heavy (non-hydrogen) atoms. The van der Waals surface area contributed by atoms with Gasteiger partial charge in [-0.15, -0.1) is 0 Å². The highest BCUT2D eigenvalue weighted by Crippen LogP contribution is 2.35. The Bertz CT molecular complexity index is 376. The fraction of sp³-hybridized carbons (Fsp3) is 0.500. The van der Waals surface area contributed by atoms with Crippen molar-refractivity contribution in [1.82, 2.24) is 0 Å². The third-order valence-electron chi connectivity index (χ3n) is 3.14. The largest absolute Gasteiger partial charge is 0.506 e. The first-order valence-corrected chi connectivity index (χ1v) is 5.84. The topological polar surface area (TPSA) is 46.2 Å². The van der Waals surface area contributed by atoms with Crippen LogP contribution >= 0.6 is 11.6 Å². The number of phenolic OH excluding ortho intramolecular Hbond substituents is 1. The third-order valence-corrected chi connectivity index (χ3v) is 3.43. The molecule has 0 saturated heterocycles. The van der Waals surface area contributed by atoms with Crippen molar-refractivity contribution in [3.63, 3.8) is 0 Å². The number of phenols is 1. The van der Waals surface area contributed by atoms with Crippen LogP contribution in [0, 0.1) is 0 Å². The second-order valence-corrected chi connectivity index (χ2v) is 4.50. The summed E-state index contributed by atoms with van der Waals surface area (Å²) in [6.45, 7) is 0.370. The normalized spacial score (nSPS) is 15.9. The zero-order chi connectivity index (χ0) is 10.8. The lowest BCUT2D eigenvalue weighted by molar-refractivity contribution is 0.467. The van der Waals surface area contributed by atoms with Gasteiger partial charge >= 0.3 is 0 Å². The molecule has 0 amide bonds. The minimum atomic E-state index is 0.180. The van der Waals surface area contributed by atoms with Gasteiger partial charge in [0.2, 0.25) is 0 Å². The molecule has 0 heterocycles. The molecule has 0 spiro atoms. The highest BCUT2D eigenvalue weighted by atomic mass is 35.5. The molecule has 1 aliphatic rings. The molecule has 0 radical (unpaired) electrons. The summed E-state index contributed by atoms with van der Waals surface area (Å²) < 4.78 is 0. The molecule has 2 nitrogen and oxygen atoms in total. The fourth-order valence-corrected chi connectivity index (χ4v) is 2.58. The van der Waals surface area contributed by atoms with Gasteiger partial charge < -0.3 is 10.8 Å². The predicted octanol–water partition coefficient (Wildman–Crippen LogP) is 2.77. The van der Waals surface area contributed by atoms with Crippen LogP contribution in [-0.4, -0.2) is 5.11 Å². The van der Waals surface area contributed by atoms with Crippen LogP contribution in [0.5, 0.6) is 5.75 Å². The van der Waals surface area contributed by atoms with E-state index in [1.54, 1.807) is 0 Å². The number of benzene rings is 1. The van der Waals surface area contributed by atoms with E-state index in [1.165, 1.54) is 30.4 Å². The second kappa shape index (κ2) is 4.42. The summed E-state index contributed by atoms with van der Waals surface area (Å²) in [6.07, 6.45) is 5.71. The maximum absolute atomic E-state index is 9.83. The second-order valence-electron chi connectivity index (χ2n) is 4.09. The molecule has 3 N–H and O–H groups in total. The molecule has 3 heteroatoms. The lowest BCUT2D eigenvalue weighted by Crippen LogP contribution is -2.05. The number of aryl methyl sites for hydroxylation is 1. The smallest absolute Gasteiger partial charge is 0.138 e. The van der Waals surface area contributed by atoms with E-state index in [1.807, 2.05) is 6.07 Å². The van der Waals surface area contributed by atoms with Crippen molar-refractivity contribution in [2.45, 2.75) is 38.6 Å². The maximum atomic E-state index is 9.83. The summed E-state index contributed by atoms with van der Waals surface area (Å²) in [4.78, 5) is 0. The summed E-state index contributed by atoms with van der Waals surface area (Å²) >= 11 is 5.98. The minimum absolute atomic E-state index is 0.180. The standard InChI is InChI=1S/C12H16ClNO/c13-11-6-8-4-2-1-3-5-9(8)10(7-14)12(11)15/h6,15H,1-5,7,14H2. The Morgan fingerprint density at radius 1 is 1.27 bits per heavy atom. The highest BCUT2D eigenvalue weighted by molar-refractivity contribution is 6.32. The van der Waals surface area contributed by atoms with E-state index >= 15 is 0 Å². The van der Waals surface area contributed by atoms with Crippen molar-refractivity contribution in [3.05, 3.63) is 27.8 Å². The molecule has 0 aliphatic heterocycles. The minimum Gasteiger partial charge on any atom is -0.506 e. The van der Waals surface area contributed by atoms with Gasteiger partial charge in [0.15, 0.2) is 0 Å². The van der Waals surface area contributed by atoms with Crippen molar-refractivity contribution in [3.8, 4) is 5.75 Å². The molecule has 0 fully saturated rings. The van der Waals surface area contributed by atoms with Crippen molar-refractivity contribution in [2.24, 2.45) is 5.73 Å². The Morgan fingerprint density at radius 2 is 2.00 bits per heavy atom. The van der Waals surface area contributed by atoms with Crippen LogP contribution in [-0.2, 0) is 19.4 Å². The molecular weight excluding hydrogens is 210 g/mol. The van der Waals surface area contributed by atoms with Crippen molar-refractivity contribution < 1.29 is 5.11 Å². The Morgan fingerprint density at radius 3 is 2.73 bits per heavy atom. The van der Waals surface area contributed by atoms with Crippen LogP contribution < -0.4 is 5.73 Å². The lowest BCUT2D eigenvalue weighted by atomic mass is 9.96. The van der Waals surface area contributed by atoms with Crippen LogP contribution in [0.4, 0.5) is 0 Å². The van der Waals surface area contributed by atoms with Gasteiger partial charge in [0.1, 0.15) is 5.75 Å². The first-order chi connectivity index (χ1) is 7.24. The van der Waals surface area contributed by atoms with E-state index < -0.39 is 0 Å². The van der Waals surface area contributed by atoms with Gasteiger partial charge in [-0.2, -0.15) is 0 Å². The van der Waals surface area contributed by atoms with Crippen LogP contribution in [0.15, 0.2) is 6.07 Å². The van der Waals surface area contributed by atoms with Gasteiger partial charge in [-0.25, -0.2) is 0 Å². The Labute approximate surface area is 95.1 Å². The number of hydrogen-bond donors (Lipinski definition) is 2. The summed E-state index contributed by atoms with van der Waals surface area (Å²) in [5.74, 6) is 0.180. The van der Waals surface area contributed by atoms with Crippen LogP contribution in [0.3, 0.4) is 0 Å². The van der Waals surface area contributed by atoms with E-state index in [9.17, 15) is 5.11 Å². The number of aromatic hydroxyl groups is 1. The van der Waals surface area contributed by atoms with Gasteiger partial charge in [0, 0.05) is 12.1 Å². The monoisotopic (exact) mass is 225 g/mol. The summed E-state index contributed by atoms with van der Waals surface area (Å²) in [7, 11) is 0. The molecular formula is C12H16ClNO. The van der Waals surface area contributed by atoms with Crippen LogP contribution in [0.25, 0.3) is 0 Å². The number of fused-ring (bicyclic) bond motifs is 1. The number of halogens is 1. The molecule has 0 saturated carbocycles. The van der Waals surface area contributed by atoms with Gasteiger partial charge in [-0.05, 0) is 42.9 Å². The van der Waals surface area contributed by atoms with Gasteiger partial charge in [0.05, 0.1) is 5.02 Å². The molecule has 0 bridgehead atoms. The molecule has 1 aliphatic carbocycles. The quantitative estimate of drug-likeness (QED) is 0.722. The van der Waals surface area contributed by atoms with E-state index in [4.69, 9.17) is 17.3 Å². The first kappa shape index (κ1) is 10.8. The molecule has 1 aromatic carbocycles. The lowest BCUT2D eigenvalue weighted by Gasteiger charge is -2.14. The first-order valence-electron chi connectivity index (χ1n) is 5.46. The summed E-state index contributed by atoms with van der Waals surface area (Å²) in [5.41, 5.74) is 9.03. The van der Waals surface area contributed by atoms with Crippen molar-refractivity contribution in [2.75, 3.05) is 0 Å². The summed E-state index contributed by atoms with van der Waals surface area (Å²) in [6, 6.07) is 1.90. The van der Waals surface area contributed by atoms with Gasteiger partial charge in [0.25, 0.3) is 0 Å². The summed E-state index contributed by atoms with van der Waals surface area (Å²) in [5, 5.41) is 10.3. The van der Waals surface area contributed by atoms with E-state index in [0.717, 1.165) is 18.4 Å². The molecule has 0 aromatic heterocycles. The van der Waals surface area contributed by atoms with E-state index in [0.29, 0.717) is 11.6 Å². The van der Waals surface area contributed by atoms with Gasteiger partial charge in [-0.1, -0.05) is 18.0 Å². The average Bonchev–Trinajstić information content (AvgIpc) is 2.45. The Balaban J connectivity index is 2.56. The molecule has 0 unspecified atom stereocenters. The number of nitrogens with two attached hydrogens (primary N) is 1. The maximum Gasteiger partial charge on any atom is 0.138 e. The molecule has 2 rings (SSSR count). The van der Waals surface area contributed by atoms with Crippen LogP contribution in [0.1, 0.15) is 36.0 Å². The Hall–Kier alpha value is -0.730. The van der Waals surface area contributed by atoms with Crippen molar-refractivity contribution >= 4 is 11.6 Å².